The molecule has 0 saturated heterocycles. The van der Waals surface area contributed by atoms with Gasteiger partial charge in [-0.2, -0.15) is 0 Å². The van der Waals surface area contributed by atoms with Gasteiger partial charge in [0.2, 0.25) is 0 Å². The minimum atomic E-state index is 0.160. The molecule has 0 unspecified atom stereocenters. The molecule has 1 aromatic carbocycles. The van der Waals surface area contributed by atoms with Crippen molar-refractivity contribution in [3.63, 3.8) is 0 Å². The van der Waals surface area contributed by atoms with E-state index in [1.165, 1.54) is 24.8 Å². The van der Waals surface area contributed by atoms with Crippen molar-refractivity contribution in [1.29, 1.82) is 0 Å². The van der Waals surface area contributed by atoms with Crippen molar-refractivity contribution in [2.75, 3.05) is 0 Å². The Kier molecular flexibility index (Phi) is 4.91. The molecule has 110 valence electrons. The predicted molar refractivity (Wildman–Crippen MR) is 85.7 cm³/mol. The molecule has 1 heteroatoms. The number of ether oxygens (including phenoxy) is 1. The third kappa shape index (κ3) is 3.26. The van der Waals surface area contributed by atoms with Crippen molar-refractivity contribution >= 4 is 0 Å². The summed E-state index contributed by atoms with van der Waals surface area (Å²) in [6.45, 7) is 9.10. The van der Waals surface area contributed by atoms with Gasteiger partial charge in [-0.05, 0) is 36.7 Å². The lowest BCUT2D eigenvalue weighted by molar-refractivity contribution is 0.00242. The highest BCUT2D eigenvalue weighted by Crippen LogP contribution is 2.43. The minimum absolute atomic E-state index is 0.160. The molecular formula is C19H28O. The molecule has 0 radical (unpaired) electrons. The number of rotatable bonds is 4. The van der Waals surface area contributed by atoms with Crippen LogP contribution in [-0.4, -0.2) is 6.10 Å². The molecule has 1 fully saturated rings. The van der Waals surface area contributed by atoms with Crippen LogP contribution in [0.4, 0.5) is 0 Å². The predicted octanol–water partition coefficient (Wildman–Crippen LogP) is 5.32. The smallest absolute Gasteiger partial charge is 0.102 e. The van der Waals surface area contributed by atoms with Crippen LogP contribution in [0.5, 0.6) is 0 Å². The van der Waals surface area contributed by atoms with Gasteiger partial charge in [-0.3, -0.25) is 0 Å². The highest BCUT2D eigenvalue weighted by molar-refractivity contribution is 5.25. The standard InChI is InChI=1S/C19H28O/c1-5-13-20-18-14-15(2)11-12-17(18)19(3,4)16-9-7-6-8-10-16/h5-10,13,15,17-18H,11-12,14H2,1-4H3/b13-5-/t15-,17-,18-/m1/s1. The van der Waals surface area contributed by atoms with E-state index in [0.29, 0.717) is 12.0 Å². The van der Waals surface area contributed by atoms with Crippen LogP contribution in [-0.2, 0) is 10.2 Å². The molecule has 1 aliphatic rings. The average Bonchev–Trinajstić information content (AvgIpc) is 2.46. The zero-order valence-corrected chi connectivity index (χ0v) is 13.3. The van der Waals surface area contributed by atoms with E-state index in [9.17, 15) is 0 Å². The highest BCUT2D eigenvalue weighted by atomic mass is 16.5. The molecule has 0 aromatic heterocycles. The molecule has 20 heavy (non-hydrogen) atoms. The minimum Gasteiger partial charge on any atom is -0.498 e. The molecule has 0 aliphatic heterocycles. The van der Waals surface area contributed by atoms with Gasteiger partial charge in [-0.1, -0.05) is 63.6 Å². The lowest BCUT2D eigenvalue weighted by atomic mass is 9.64. The molecule has 0 amide bonds. The molecule has 3 atom stereocenters. The van der Waals surface area contributed by atoms with Gasteiger partial charge in [0.05, 0.1) is 6.26 Å². The molecule has 0 N–H and O–H groups in total. The fourth-order valence-corrected chi connectivity index (χ4v) is 3.57. The van der Waals surface area contributed by atoms with Gasteiger partial charge < -0.3 is 4.74 Å². The molecule has 1 aromatic rings. The Morgan fingerprint density at radius 1 is 1.15 bits per heavy atom. The SMILES string of the molecule is C/C=C\O[C@@H]1C[C@H](C)CC[C@H]1C(C)(C)c1ccccc1. The summed E-state index contributed by atoms with van der Waals surface area (Å²) >= 11 is 0. The van der Waals surface area contributed by atoms with Gasteiger partial charge >= 0.3 is 0 Å². The fourth-order valence-electron chi connectivity index (χ4n) is 3.57. The van der Waals surface area contributed by atoms with Crippen LogP contribution in [0.2, 0.25) is 0 Å². The van der Waals surface area contributed by atoms with Crippen molar-refractivity contribution < 1.29 is 4.74 Å². The molecule has 1 aliphatic carbocycles. The van der Waals surface area contributed by atoms with Crippen LogP contribution in [0.15, 0.2) is 42.7 Å². The second-order valence-electron chi connectivity index (χ2n) is 6.76. The highest BCUT2D eigenvalue weighted by Gasteiger charge is 2.40. The largest absolute Gasteiger partial charge is 0.498 e. The first-order valence-electron chi connectivity index (χ1n) is 7.88. The Labute approximate surface area is 124 Å². The Morgan fingerprint density at radius 3 is 2.50 bits per heavy atom. The van der Waals surface area contributed by atoms with Crippen LogP contribution in [0, 0.1) is 11.8 Å². The summed E-state index contributed by atoms with van der Waals surface area (Å²) in [5, 5.41) is 0. The fraction of sp³-hybridized carbons (Fsp3) is 0.579. The van der Waals surface area contributed by atoms with Crippen molar-refractivity contribution in [2.24, 2.45) is 11.8 Å². The van der Waals surface area contributed by atoms with E-state index in [0.717, 1.165) is 5.92 Å². The Hall–Kier alpha value is -1.24. The summed E-state index contributed by atoms with van der Waals surface area (Å²) in [7, 11) is 0. The van der Waals surface area contributed by atoms with E-state index in [-0.39, 0.29) is 5.41 Å². The van der Waals surface area contributed by atoms with Crippen molar-refractivity contribution in [2.45, 2.75) is 58.5 Å². The lowest BCUT2D eigenvalue weighted by Crippen LogP contribution is -2.42. The zero-order valence-electron chi connectivity index (χ0n) is 13.3. The number of allylic oxidation sites excluding steroid dienone is 1. The maximum absolute atomic E-state index is 6.04. The third-order valence-corrected chi connectivity index (χ3v) is 4.89. The number of benzene rings is 1. The second kappa shape index (κ2) is 6.47. The van der Waals surface area contributed by atoms with Crippen molar-refractivity contribution in [3.05, 3.63) is 48.2 Å². The van der Waals surface area contributed by atoms with Gasteiger partial charge in [0, 0.05) is 5.92 Å². The molecule has 1 saturated carbocycles. The summed E-state index contributed by atoms with van der Waals surface area (Å²) in [5.74, 6) is 1.35. The van der Waals surface area contributed by atoms with Crippen LogP contribution < -0.4 is 0 Å². The average molecular weight is 272 g/mol. The lowest BCUT2D eigenvalue weighted by Gasteiger charge is -2.43. The van der Waals surface area contributed by atoms with E-state index in [4.69, 9.17) is 4.74 Å². The first-order valence-corrected chi connectivity index (χ1v) is 7.88. The number of hydrogen-bond acceptors (Lipinski definition) is 1. The molecular weight excluding hydrogens is 244 g/mol. The van der Waals surface area contributed by atoms with Crippen LogP contribution in [0.3, 0.4) is 0 Å². The third-order valence-electron chi connectivity index (χ3n) is 4.89. The monoisotopic (exact) mass is 272 g/mol. The maximum Gasteiger partial charge on any atom is 0.102 e. The quantitative estimate of drug-likeness (QED) is 0.674. The summed E-state index contributed by atoms with van der Waals surface area (Å²) in [4.78, 5) is 0. The molecule has 0 spiro atoms. The van der Waals surface area contributed by atoms with Gasteiger partial charge in [-0.25, -0.2) is 0 Å². The van der Waals surface area contributed by atoms with Crippen molar-refractivity contribution in [1.82, 2.24) is 0 Å². The first kappa shape index (κ1) is 15.2. The van der Waals surface area contributed by atoms with E-state index in [1.807, 2.05) is 19.3 Å². The van der Waals surface area contributed by atoms with E-state index in [1.54, 1.807) is 0 Å². The second-order valence-corrected chi connectivity index (χ2v) is 6.76. The first-order chi connectivity index (χ1) is 9.55. The topological polar surface area (TPSA) is 9.23 Å². The van der Waals surface area contributed by atoms with Gasteiger partial charge in [0.25, 0.3) is 0 Å². The van der Waals surface area contributed by atoms with E-state index >= 15 is 0 Å². The Bertz CT molecular complexity index is 432. The summed E-state index contributed by atoms with van der Waals surface area (Å²) < 4.78 is 6.04. The molecule has 0 heterocycles. The molecule has 2 rings (SSSR count). The van der Waals surface area contributed by atoms with Gasteiger partial charge in [-0.15, -0.1) is 0 Å². The molecule has 1 nitrogen and oxygen atoms in total. The summed E-state index contributed by atoms with van der Waals surface area (Å²) in [5.41, 5.74) is 1.59. The zero-order chi connectivity index (χ0) is 14.6. The Balaban J connectivity index is 2.22. The van der Waals surface area contributed by atoms with E-state index < -0.39 is 0 Å². The van der Waals surface area contributed by atoms with Gasteiger partial charge in [0.1, 0.15) is 6.10 Å². The van der Waals surface area contributed by atoms with Crippen LogP contribution in [0.25, 0.3) is 0 Å². The molecule has 0 bridgehead atoms. The van der Waals surface area contributed by atoms with Crippen LogP contribution in [0.1, 0.15) is 52.5 Å². The number of hydrogen-bond donors (Lipinski definition) is 0. The van der Waals surface area contributed by atoms with E-state index in [2.05, 4.69) is 51.1 Å². The van der Waals surface area contributed by atoms with Crippen LogP contribution >= 0.6 is 0 Å². The normalized spacial score (nSPS) is 27.7. The van der Waals surface area contributed by atoms with Gasteiger partial charge in [0.15, 0.2) is 0 Å². The summed E-state index contributed by atoms with van der Waals surface area (Å²) in [6.07, 6.45) is 7.95. The maximum atomic E-state index is 6.04. The summed E-state index contributed by atoms with van der Waals surface area (Å²) in [6, 6.07) is 10.9. The Morgan fingerprint density at radius 2 is 1.85 bits per heavy atom. The van der Waals surface area contributed by atoms with Crippen molar-refractivity contribution in [3.8, 4) is 0 Å².